The molecule has 0 amide bonds. The summed E-state index contributed by atoms with van der Waals surface area (Å²) in [5, 5.41) is 0. The minimum absolute atomic E-state index is 0.134. The van der Waals surface area contributed by atoms with Crippen LogP contribution in [0.25, 0.3) is 0 Å². The largest absolute Gasteiger partial charge is 0.346 e. The molecule has 2 nitrogen and oxygen atoms in total. The van der Waals surface area contributed by atoms with Gasteiger partial charge in [-0.05, 0) is 6.92 Å². The van der Waals surface area contributed by atoms with Crippen LogP contribution in [0.3, 0.4) is 0 Å². The van der Waals surface area contributed by atoms with Crippen molar-refractivity contribution in [2.45, 2.75) is 27.1 Å². The molecule has 0 unspecified atom stereocenters. The monoisotopic (exact) mass is 194 g/mol. The molecule has 1 aliphatic rings. The summed E-state index contributed by atoms with van der Waals surface area (Å²) in [5.74, 6) is 0. The molecule has 2 rings (SSSR count). The highest BCUT2D eigenvalue weighted by Gasteiger charge is 2.17. The first-order valence-corrected chi connectivity index (χ1v) is 5.16. The van der Waals surface area contributed by atoms with Crippen molar-refractivity contribution in [3.05, 3.63) is 35.4 Å². The molecule has 0 radical (unpaired) electrons. The summed E-state index contributed by atoms with van der Waals surface area (Å²) in [6.45, 7) is 7.48. The Bertz CT molecular complexity index is 265. The predicted molar refractivity (Wildman–Crippen MR) is 57.2 cm³/mol. The number of benzene rings is 1. The molecular weight excluding hydrogens is 176 g/mol. The second-order valence-corrected chi connectivity index (χ2v) is 2.99. The number of hydrogen-bond acceptors (Lipinski definition) is 2. The van der Waals surface area contributed by atoms with E-state index in [0.717, 1.165) is 5.56 Å². The minimum Gasteiger partial charge on any atom is -0.346 e. The number of ether oxygens (including phenoxy) is 2. The Kier molecular flexibility index (Phi) is 4.63. The third-order valence-corrected chi connectivity index (χ3v) is 1.94. The van der Waals surface area contributed by atoms with Crippen LogP contribution in [0, 0.1) is 6.92 Å². The van der Waals surface area contributed by atoms with E-state index in [1.54, 1.807) is 0 Å². The maximum atomic E-state index is 5.37. The zero-order chi connectivity index (χ0) is 10.4. The van der Waals surface area contributed by atoms with Gasteiger partial charge in [0.1, 0.15) is 0 Å². The van der Waals surface area contributed by atoms with E-state index in [0.29, 0.717) is 13.2 Å². The summed E-state index contributed by atoms with van der Waals surface area (Å²) < 4.78 is 10.7. The fourth-order valence-corrected chi connectivity index (χ4v) is 1.37. The summed E-state index contributed by atoms with van der Waals surface area (Å²) in [5.41, 5.74) is 2.36. The smallest absolute Gasteiger partial charge is 0.184 e. The van der Waals surface area contributed by atoms with Gasteiger partial charge in [0.25, 0.3) is 0 Å². The van der Waals surface area contributed by atoms with Crippen molar-refractivity contribution in [3.8, 4) is 0 Å². The summed E-state index contributed by atoms with van der Waals surface area (Å²) in [6.07, 6.45) is -0.134. The van der Waals surface area contributed by atoms with Crippen molar-refractivity contribution < 1.29 is 9.47 Å². The van der Waals surface area contributed by atoms with Crippen molar-refractivity contribution in [2.75, 3.05) is 13.2 Å². The van der Waals surface area contributed by atoms with E-state index in [9.17, 15) is 0 Å². The van der Waals surface area contributed by atoms with Gasteiger partial charge in [-0.25, -0.2) is 0 Å². The van der Waals surface area contributed by atoms with Gasteiger partial charge in [-0.1, -0.05) is 43.7 Å². The second-order valence-electron chi connectivity index (χ2n) is 2.99. The molecule has 0 saturated carbocycles. The lowest BCUT2D eigenvalue weighted by Gasteiger charge is -2.09. The van der Waals surface area contributed by atoms with Crippen LogP contribution in [0.5, 0.6) is 0 Å². The van der Waals surface area contributed by atoms with Crippen molar-refractivity contribution >= 4 is 0 Å². The highest BCUT2D eigenvalue weighted by Crippen LogP contribution is 2.23. The minimum atomic E-state index is -0.134. The molecule has 78 valence electrons. The Balaban J connectivity index is 0.000000461. The molecule has 1 aromatic carbocycles. The van der Waals surface area contributed by atoms with Crippen LogP contribution in [0.2, 0.25) is 0 Å². The van der Waals surface area contributed by atoms with Gasteiger partial charge in [0.15, 0.2) is 6.29 Å². The Morgan fingerprint density at radius 1 is 1.14 bits per heavy atom. The standard InChI is InChI=1S/C10H12O2.C2H6/c1-8-3-2-4-9(7-8)10-11-5-6-12-10;1-2/h2-4,7,10H,5-6H2,1H3;1-2H3. The Hall–Kier alpha value is -0.860. The lowest BCUT2D eigenvalue weighted by atomic mass is 10.1. The normalized spacial score (nSPS) is 16.2. The van der Waals surface area contributed by atoms with E-state index in [1.165, 1.54) is 5.56 Å². The third-order valence-electron chi connectivity index (χ3n) is 1.94. The molecule has 1 aromatic rings. The lowest BCUT2D eigenvalue weighted by molar-refractivity contribution is -0.0441. The highest BCUT2D eigenvalue weighted by atomic mass is 16.7. The van der Waals surface area contributed by atoms with E-state index in [1.807, 2.05) is 26.0 Å². The average Bonchev–Trinajstić information content (AvgIpc) is 2.74. The summed E-state index contributed by atoms with van der Waals surface area (Å²) in [4.78, 5) is 0. The Labute approximate surface area is 85.8 Å². The predicted octanol–water partition coefficient (Wildman–Crippen LogP) is 3.07. The van der Waals surface area contributed by atoms with Crippen LogP contribution >= 0.6 is 0 Å². The topological polar surface area (TPSA) is 18.5 Å². The first kappa shape index (κ1) is 11.2. The van der Waals surface area contributed by atoms with Crippen LogP contribution in [0.1, 0.15) is 31.3 Å². The van der Waals surface area contributed by atoms with Crippen molar-refractivity contribution in [1.29, 1.82) is 0 Å². The summed E-state index contributed by atoms with van der Waals surface area (Å²) in [6, 6.07) is 8.22. The molecule has 0 atom stereocenters. The third kappa shape index (κ3) is 2.82. The zero-order valence-corrected chi connectivity index (χ0v) is 9.12. The second kappa shape index (κ2) is 5.78. The molecule has 2 heteroatoms. The first-order chi connectivity index (χ1) is 6.86. The molecule has 0 spiro atoms. The highest BCUT2D eigenvalue weighted by molar-refractivity contribution is 5.23. The summed E-state index contributed by atoms with van der Waals surface area (Å²) >= 11 is 0. The van der Waals surface area contributed by atoms with Crippen LogP contribution in [-0.4, -0.2) is 13.2 Å². The van der Waals surface area contributed by atoms with Gasteiger partial charge < -0.3 is 9.47 Å². The van der Waals surface area contributed by atoms with Gasteiger partial charge in [0.2, 0.25) is 0 Å². The molecular formula is C12H18O2. The zero-order valence-electron chi connectivity index (χ0n) is 9.12. The van der Waals surface area contributed by atoms with Gasteiger partial charge in [0.05, 0.1) is 13.2 Å². The Morgan fingerprint density at radius 3 is 2.36 bits per heavy atom. The van der Waals surface area contributed by atoms with Crippen LogP contribution in [0.4, 0.5) is 0 Å². The fraction of sp³-hybridized carbons (Fsp3) is 0.500. The van der Waals surface area contributed by atoms with Crippen molar-refractivity contribution in [2.24, 2.45) is 0 Å². The molecule has 0 aliphatic carbocycles. The van der Waals surface area contributed by atoms with E-state index >= 15 is 0 Å². The number of hydrogen-bond donors (Lipinski definition) is 0. The lowest BCUT2D eigenvalue weighted by Crippen LogP contribution is -1.97. The van der Waals surface area contributed by atoms with E-state index in [4.69, 9.17) is 9.47 Å². The van der Waals surface area contributed by atoms with Gasteiger partial charge in [-0.15, -0.1) is 0 Å². The molecule has 14 heavy (non-hydrogen) atoms. The van der Waals surface area contributed by atoms with Gasteiger partial charge in [-0.3, -0.25) is 0 Å². The number of rotatable bonds is 1. The molecule has 0 bridgehead atoms. The van der Waals surface area contributed by atoms with Crippen LogP contribution in [0.15, 0.2) is 24.3 Å². The molecule has 0 aromatic heterocycles. The average molecular weight is 194 g/mol. The Morgan fingerprint density at radius 2 is 1.79 bits per heavy atom. The maximum Gasteiger partial charge on any atom is 0.184 e. The van der Waals surface area contributed by atoms with Crippen molar-refractivity contribution in [3.63, 3.8) is 0 Å². The molecule has 1 aliphatic heterocycles. The summed E-state index contributed by atoms with van der Waals surface area (Å²) in [7, 11) is 0. The van der Waals surface area contributed by atoms with Crippen LogP contribution in [-0.2, 0) is 9.47 Å². The SMILES string of the molecule is CC.Cc1cccc(C2OCCO2)c1. The molecule has 1 saturated heterocycles. The molecule has 1 fully saturated rings. The van der Waals surface area contributed by atoms with Gasteiger partial charge in [0, 0.05) is 5.56 Å². The maximum absolute atomic E-state index is 5.37. The van der Waals surface area contributed by atoms with Gasteiger partial charge >= 0.3 is 0 Å². The van der Waals surface area contributed by atoms with Gasteiger partial charge in [-0.2, -0.15) is 0 Å². The fourth-order valence-electron chi connectivity index (χ4n) is 1.37. The van der Waals surface area contributed by atoms with Crippen LogP contribution < -0.4 is 0 Å². The van der Waals surface area contributed by atoms with E-state index < -0.39 is 0 Å². The molecule has 1 heterocycles. The molecule has 0 N–H and O–H groups in total. The number of aryl methyl sites for hydroxylation is 1. The first-order valence-electron chi connectivity index (χ1n) is 5.16. The van der Waals surface area contributed by atoms with E-state index in [-0.39, 0.29) is 6.29 Å². The van der Waals surface area contributed by atoms with E-state index in [2.05, 4.69) is 19.1 Å². The van der Waals surface area contributed by atoms with Crippen molar-refractivity contribution in [1.82, 2.24) is 0 Å². The quantitative estimate of drug-likeness (QED) is 0.684.